The molecule has 6 nitrogen and oxygen atoms in total. The second-order valence-electron chi connectivity index (χ2n) is 8.15. The number of ether oxygens (including phenoxy) is 1. The van der Waals surface area contributed by atoms with E-state index in [1.807, 2.05) is 78.9 Å². The Morgan fingerprint density at radius 1 is 0.969 bits per heavy atom. The third-order valence-electron chi connectivity index (χ3n) is 5.89. The largest absolute Gasteiger partial charge is 0.455 e. The van der Waals surface area contributed by atoms with Gasteiger partial charge in [0.25, 0.3) is 0 Å². The van der Waals surface area contributed by atoms with Crippen LogP contribution < -0.4 is 10.1 Å². The molecule has 2 N–H and O–H groups in total. The lowest BCUT2D eigenvalue weighted by atomic mass is 9.95. The van der Waals surface area contributed by atoms with E-state index in [1.54, 1.807) is 0 Å². The van der Waals surface area contributed by atoms with E-state index >= 15 is 0 Å². The molecule has 1 aliphatic rings. The number of benzene rings is 3. The number of piperidine rings is 1. The van der Waals surface area contributed by atoms with Crippen LogP contribution in [0.4, 0.5) is 5.69 Å². The molecule has 0 spiro atoms. The number of aromatic amines is 1. The lowest BCUT2D eigenvalue weighted by Gasteiger charge is -2.30. The molecule has 1 saturated heterocycles. The molecule has 3 aromatic carbocycles. The maximum absolute atomic E-state index is 13.0. The van der Waals surface area contributed by atoms with E-state index in [-0.39, 0.29) is 11.8 Å². The zero-order valence-corrected chi connectivity index (χ0v) is 17.8. The number of imidazole rings is 1. The van der Waals surface area contributed by atoms with Crippen LogP contribution in [0.5, 0.6) is 11.5 Å². The molecular weight excluding hydrogens is 400 g/mol. The van der Waals surface area contributed by atoms with Crippen molar-refractivity contribution in [2.75, 3.05) is 18.4 Å². The first-order chi connectivity index (χ1) is 15.7. The topological polar surface area (TPSA) is 70.2 Å². The Morgan fingerprint density at radius 2 is 1.69 bits per heavy atom. The third kappa shape index (κ3) is 4.65. The molecule has 4 aromatic rings. The second-order valence-corrected chi connectivity index (χ2v) is 8.15. The first-order valence-electron chi connectivity index (χ1n) is 11.0. The summed E-state index contributed by atoms with van der Waals surface area (Å²) in [6.45, 7) is 2.52. The Bertz CT molecular complexity index is 1160. The second kappa shape index (κ2) is 9.24. The van der Waals surface area contributed by atoms with Gasteiger partial charge >= 0.3 is 0 Å². The highest BCUT2D eigenvalue weighted by molar-refractivity contribution is 5.94. The molecule has 0 radical (unpaired) electrons. The van der Waals surface area contributed by atoms with E-state index in [0.717, 1.165) is 55.1 Å². The Labute approximate surface area is 187 Å². The highest BCUT2D eigenvalue weighted by Crippen LogP contribution is 2.30. The molecule has 1 aliphatic heterocycles. The summed E-state index contributed by atoms with van der Waals surface area (Å²) < 4.78 is 5.97. The summed E-state index contributed by atoms with van der Waals surface area (Å²) in [5, 5.41) is 3.08. The molecule has 0 saturated carbocycles. The fourth-order valence-corrected chi connectivity index (χ4v) is 4.15. The van der Waals surface area contributed by atoms with Gasteiger partial charge in [0.15, 0.2) is 5.75 Å². The molecule has 0 aliphatic carbocycles. The number of likely N-dealkylation sites (tertiary alicyclic amines) is 1. The van der Waals surface area contributed by atoms with Gasteiger partial charge in [-0.15, -0.1) is 0 Å². The van der Waals surface area contributed by atoms with Gasteiger partial charge < -0.3 is 15.0 Å². The van der Waals surface area contributed by atoms with Crippen LogP contribution in [-0.2, 0) is 11.3 Å². The monoisotopic (exact) mass is 426 g/mol. The quantitative estimate of drug-likeness (QED) is 0.444. The molecule has 5 rings (SSSR count). The van der Waals surface area contributed by atoms with E-state index in [1.165, 1.54) is 0 Å². The summed E-state index contributed by atoms with van der Waals surface area (Å²) in [5.74, 6) is 2.41. The van der Waals surface area contributed by atoms with Gasteiger partial charge in [-0.25, -0.2) is 4.98 Å². The molecule has 0 bridgehead atoms. The number of fused-ring (bicyclic) bond motifs is 1. The molecule has 32 heavy (non-hydrogen) atoms. The highest BCUT2D eigenvalue weighted by Gasteiger charge is 2.26. The average molecular weight is 427 g/mol. The smallest absolute Gasteiger partial charge is 0.227 e. The first-order valence-corrected chi connectivity index (χ1v) is 11.0. The van der Waals surface area contributed by atoms with Crippen LogP contribution in [-0.4, -0.2) is 33.9 Å². The standard InChI is InChI=1S/C26H26N4O2/c31-26(29-23-12-6-7-13-24(23)32-20-8-2-1-3-9-20)19-14-16-30(17-15-19)18-25-27-21-10-4-5-11-22(21)28-25/h1-13,19H,14-18H2,(H,27,28)(H,29,31). The van der Waals surface area contributed by atoms with E-state index in [4.69, 9.17) is 4.74 Å². The van der Waals surface area contributed by atoms with Crippen LogP contribution >= 0.6 is 0 Å². The van der Waals surface area contributed by atoms with Crippen molar-refractivity contribution < 1.29 is 9.53 Å². The average Bonchev–Trinajstić information content (AvgIpc) is 3.24. The van der Waals surface area contributed by atoms with Gasteiger partial charge in [0.1, 0.15) is 11.6 Å². The predicted molar refractivity (Wildman–Crippen MR) is 126 cm³/mol. The number of amides is 1. The lowest BCUT2D eigenvalue weighted by Crippen LogP contribution is -2.38. The van der Waals surface area contributed by atoms with Gasteiger partial charge in [-0.1, -0.05) is 42.5 Å². The minimum Gasteiger partial charge on any atom is -0.455 e. The number of anilines is 1. The van der Waals surface area contributed by atoms with Crippen LogP contribution in [0.15, 0.2) is 78.9 Å². The maximum atomic E-state index is 13.0. The van der Waals surface area contributed by atoms with Crippen LogP contribution in [0.3, 0.4) is 0 Å². The zero-order chi connectivity index (χ0) is 21.8. The van der Waals surface area contributed by atoms with Gasteiger partial charge in [-0.2, -0.15) is 0 Å². The molecule has 0 unspecified atom stereocenters. The van der Waals surface area contributed by atoms with Crippen molar-refractivity contribution in [3.05, 3.63) is 84.7 Å². The number of hydrogen-bond donors (Lipinski definition) is 2. The summed E-state index contributed by atoms with van der Waals surface area (Å²) in [6.07, 6.45) is 1.65. The molecule has 0 atom stereocenters. The van der Waals surface area contributed by atoms with E-state index in [0.29, 0.717) is 11.4 Å². The number of para-hydroxylation sites is 5. The Morgan fingerprint density at radius 3 is 2.50 bits per heavy atom. The number of hydrogen-bond acceptors (Lipinski definition) is 4. The van der Waals surface area contributed by atoms with Gasteiger partial charge in [-0.3, -0.25) is 9.69 Å². The summed E-state index contributed by atoms with van der Waals surface area (Å²) in [4.78, 5) is 23.4. The Hall–Kier alpha value is -3.64. The SMILES string of the molecule is O=C(Nc1ccccc1Oc1ccccc1)C1CCN(Cc2nc3ccccc3[nH]2)CC1. The summed E-state index contributed by atoms with van der Waals surface area (Å²) in [6, 6.07) is 25.2. The van der Waals surface area contributed by atoms with Crippen molar-refractivity contribution in [3.8, 4) is 11.5 Å². The van der Waals surface area contributed by atoms with Crippen molar-refractivity contribution >= 4 is 22.6 Å². The molecular formula is C26H26N4O2. The fourth-order valence-electron chi connectivity index (χ4n) is 4.15. The summed E-state index contributed by atoms with van der Waals surface area (Å²) in [5.41, 5.74) is 2.76. The van der Waals surface area contributed by atoms with Crippen LogP contribution in [0, 0.1) is 5.92 Å². The van der Waals surface area contributed by atoms with Gasteiger partial charge in [0.2, 0.25) is 5.91 Å². The van der Waals surface area contributed by atoms with Crippen molar-refractivity contribution in [2.45, 2.75) is 19.4 Å². The fraction of sp³-hybridized carbons (Fsp3) is 0.231. The van der Waals surface area contributed by atoms with Gasteiger partial charge in [0.05, 0.1) is 23.3 Å². The molecule has 162 valence electrons. The minimum absolute atomic E-state index is 0.00768. The molecule has 1 amide bonds. The van der Waals surface area contributed by atoms with Crippen molar-refractivity contribution in [3.63, 3.8) is 0 Å². The van der Waals surface area contributed by atoms with Gasteiger partial charge in [0, 0.05) is 5.92 Å². The van der Waals surface area contributed by atoms with Crippen LogP contribution in [0.25, 0.3) is 11.0 Å². The Balaban J connectivity index is 1.17. The van der Waals surface area contributed by atoms with E-state index in [2.05, 4.69) is 20.2 Å². The Kier molecular flexibility index (Phi) is 5.85. The highest BCUT2D eigenvalue weighted by atomic mass is 16.5. The normalized spacial score (nSPS) is 15.0. The van der Waals surface area contributed by atoms with E-state index in [9.17, 15) is 4.79 Å². The lowest BCUT2D eigenvalue weighted by molar-refractivity contribution is -0.121. The first kappa shape index (κ1) is 20.3. The zero-order valence-electron chi connectivity index (χ0n) is 17.8. The maximum Gasteiger partial charge on any atom is 0.227 e. The number of H-pyrrole nitrogens is 1. The van der Waals surface area contributed by atoms with Crippen LogP contribution in [0.2, 0.25) is 0 Å². The van der Waals surface area contributed by atoms with E-state index < -0.39 is 0 Å². The molecule has 2 heterocycles. The van der Waals surface area contributed by atoms with Crippen molar-refractivity contribution in [2.24, 2.45) is 5.92 Å². The van der Waals surface area contributed by atoms with Crippen molar-refractivity contribution in [1.82, 2.24) is 14.9 Å². The molecule has 1 aromatic heterocycles. The predicted octanol–water partition coefficient (Wildman–Crippen LogP) is 5.21. The summed E-state index contributed by atoms with van der Waals surface area (Å²) in [7, 11) is 0. The number of nitrogens with one attached hydrogen (secondary N) is 2. The van der Waals surface area contributed by atoms with Crippen LogP contribution in [0.1, 0.15) is 18.7 Å². The number of rotatable bonds is 6. The summed E-state index contributed by atoms with van der Waals surface area (Å²) >= 11 is 0. The third-order valence-corrected chi connectivity index (χ3v) is 5.89. The number of nitrogens with zero attached hydrogens (tertiary/aromatic N) is 2. The molecule has 1 fully saturated rings. The van der Waals surface area contributed by atoms with Gasteiger partial charge in [-0.05, 0) is 62.3 Å². The minimum atomic E-state index is -0.00768. The molecule has 6 heteroatoms. The number of aromatic nitrogens is 2. The number of carbonyl (C=O) groups excluding carboxylic acids is 1. The number of carbonyl (C=O) groups is 1. The van der Waals surface area contributed by atoms with Crippen molar-refractivity contribution in [1.29, 1.82) is 0 Å².